The first kappa shape index (κ1) is 23.2. The number of pyridine rings is 1. The first-order chi connectivity index (χ1) is 15.9. The highest BCUT2D eigenvalue weighted by Crippen LogP contribution is 2.24. The minimum absolute atomic E-state index is 0.131. The van der Waals surface area contributed by atoms with E-state index < -0.39 is 16.0 Å². The van der Waals surface area contributed by atoms with Crippen LogP contribution in [-0.2, 0) is 23.0 Å². The molecule has 0 amide bonds. The van der Waals surface area contributed by atoms with Gasteiger partial charge in [-0.2, -0.15) is 4.31 Å². The molecule has 4 aromatic rings. The number of sulfonamides is 1. The number of nitrogens with zero attached hydrogens (tertiary/aromatic N) is 3. The summed E-state index contributed by atoms with van der Waals surface area (Å²) in [5.74, 6) is -0.958. The molecule has 7 nitrogen and oxygen atoms in total. The molecular weight excluding hydrogens is 478 g/mol. The SMILES string of the molecule is O=C(O)c1sccc1CCCN(Cc1ccc(-c2nccs2)cc1)S(=O)(=O)c1cccnc1. The minimum Gasteiger partial charge on any atom is -0.477 e. The van der Waals surface area contributed by atoms with Gasteiger partial charge < -0.3 is 5.11 Å². The third kappa shape index (κ3) is 5.53. The second kappa shape index (κ2) is 10.3. The number of hydrogen-bond acceptors (Lipinski definition) is 7. The van der Waals surface area contributed by atoms with Crippen LogP contribution in [0.2, 0.25) is 0 Å². The van der Waals surface area contributed by atoms with Crippen LogP contribution in [0.5, 0.6) is 0 Å². The Bertz CT molecular complexity index is 1300. The number of carboxylic acid groups (broad SMARTS) is 1. The highest BCUT2D eigenvalue weighted by molar-refractivity contribution is 7.89. The lowest BCUT2D eigenvalue weighted by Gasteiger charge is -2.22. The van der Waals surface area contributed by atoms with Crippen LogP contribution in [-0.4, -0.2) is 40.3 Å². The number of thiophene rings is 1. The van der Waals surface area contributed by atoms with Crippen LogP contribution in [0.15, 0.2) is 76.7 Å². The lowest BCUT2D eigenvalue weighted by Crippen LogP contribution is -2.32. The first-order valence-electron chi connectivity index (χ1n) is 10.1. The summed E-state index contributed by atoms with van der Waals surface area (Å²) >= 11 is 2.72. The standard InChI is InChI=1S/C23H21N3O4S3/c27-23(28)21-18(9-13-31-21)3-2-12-26(33(29,30)20-4-1-10-24-15-20)16-17-5-7-19(8-6-17)22-25-11-14-32-22/h1,4-11,13-15H,2-3,12,16H2,(H,27,28). The number of carbonyl (C=O) groups is 1. The number of benzene rings is 1. The molecule has 4 rings (SSSR count). The Hall–Kier alpha value is -2.92. The van der Waals surface area contributed by atoms with Crippen molar-refractivity contribution < 1.29 is 18.3 Å². The van der Waals surface area contributed by atoms with Crippen LogP contribution < -0.4 is 0 Å². The van der Waals surface area contributed by atoms with Gasteiger partial charge in [-0.1, -0.05) is 24.3 Å². The van der Waals surface area contributed by atoms with Gasteiger partial charge in [0.25, 0.3) is 0 Å². The smallest absolute Gasteiger partial charge is 0.346 e. The third-order valence-electron chi connectivity index (χ3n) is 5.06. The summed E-state index contributed by atoms with van der Waals surface area (Å²) in [6, 6.07) is 12.6. The van der Waals surface area contributed by atoms with Crippen LogP contribution in [0.1, 0.15) is 27.2 Å². The van der Waals surface area contributed by atoms with E-state index in [2.05, 4.69) is 9.97 Å². The van der Waals surface area contributed by atoms with Gasteiger partial charge in [-0.3, -0.25) is 4.98 Å². The largest absolute Gasteiger partial charge is 0.477 e. The van der Waals surface area contributed by atoms with Crippen molar-refractivity contribution in [1.82, 2.24) is 14.3 Å². The maximum Gasteiger partial charge on any atom is 0.346 e. The second-order valence-corrected chi connectivity index (χ2v) is 11.0. The van der Waals surface area contributed by atoms with E-state index in [1.807, 2.05) is 29.6 Å². The zero-order chi connectivity index (χ0) is 23.3. The van der Waals surface area contributed by atoms with Crippen molar-refractivity contribution in [2.45, 2.75) is 24.3 Å². The zero-order valence-electron chi connectivity index (χ0n) is 17.5. The summed E-state index contributed by atoms with van der Waals surface area (Å²) < 4.78 is 28.1. The van der Waals surface area contributed by atoms with E-state index in [0.717, 1.165) is 21.7 Å². The second-order valence-electron chi connectivity index (χ2n) is 7.25. The molecule has 0 aliphatic heterocycles. The molecule has 0 saturated heterocycles. The van der Waals surface area contributed by atoms with E-state index >= 15 is 0 Å². The lowest BCUT2D eigenvalue weighted by molar-refractivity contribution is 0.0701. The van der Waals surface area contributed by atoms with Crippen molar-refractivity contribution in [2.24, 2.45) is 0 Å². The number of aromatic nitrogens is 2. The number of thiazole rings is 1. The summed E-state index contributed by atoms with van der Waals surface area (Å²) in [6.07, 6.45) is 5.60. The number of carboxylic acids is 1. The van der Waals surface area contributed by atoms with Gasteiger partial charge in [0.15, 0.2) is 0 Å². The molecule has 0 spiro atoms. The molecule has 33 heavy (non-hydrogen) atoms. The van der Waals surface area contributed by atoms with Crippen molar-refractivity contribution in [3.63, 3.8) is 0 Å². The summed E-state index contributed by atoms with van der Waals surface area (Å²) in [6.45, 7) is 0.450. The van der Waals surface area contributed by atoms with Crippen molar-refractivity contribution in [1.29, 1.82) is 0 Å². The topological polar surface area (TPSA) is 100 Å². The molecule has 0 aliphatic carbocycles. The fourth-order valence-corrected chi connectivity index (χ4v) is 6.29. The van der Waals surface area contributed by atoms with Crippen LogP contribution in [0.25, 0.3) is 10.6 Å². The highest BCUT2D eigenvalue weighted by Gasteiger charge is 2.25. The number of rotatable bonds is 10. The summed E-state index contributed by atoms with van der Waals surface area (Å²) in [4.78, 5) is 20.1. The summed E-state index contributed by atoms with van der Waals surface area (Å²) in [5, 5.41) is 13.9. The maximum absolute atomic E-state index is 13.3. The van der Waals surface area contributed by atoms with Gasteiger partial charge in [0.05, 0.1) is 0 Å². The van der Waals surface area contributed by atoms with Gasteiger partial charge in [0, 0.05) is 42.6 Å². The molecule has 0 radical (unpaired) electrons. The maximum atomic E-state index is 13.3. The Morgan fingerprint density at radius 2 is 1.85 bits per heavy atom. The zero-order valence-corrected chi connectivity index (χ0v) is 19.9. The Balaban J connectivity index is 1.53. The third-order valence-corrected chi connectivity index (χ3v) is 8.65. The van der Waals surface area contributed by atoms with Gasteiger partial charge in [0.2, 0.25) is 10.0 Å². The van der Waals surface area contributed by atoms with E-state index in [0.29, 0.717) is 17.7 Å². The minimum atomic E-state index is -3.77. The van der Waals surface area contributed by atoms with Gasteiger partial charge in [-0.05, 0) is 47.5 Å². The van der Waals surface area contributed by atoms with E-state index in [1.54, 1.807) is 35.0 Å². The van der Waals surface area contributed by atoms with Crippen LogP contribution in [0.4, 0.5) is 0 Å². The number of aromatic carboxylic acids is 1. The average molecular weight is 500 g/mol. The van der Waals surface area contributed by atoms with Gasteiger partial charge in [0.1, 0.15) is 14.8 Å². The fraction of sp³-hybridized carbons (Fsp3) is 0.174. The van der Waals surface area contributed by atoms with Crippen molar-refractivity contribution in [3.05, 3.63) is 87.8 Å². The summed E-state index contributed by atoms with van der Waals surface area (Å²) in [5.41, 5.74) is 2.55. The molecule has 0 unspecified atom stereocenters. The Kier molecular flexibility index (Phi) is 7.29. The van der Waals surface area contributed by atoms with Crippen LogP contribution in [0.3, 0.4) is 0 Å². The van der Waals surface area contributed by atoms with E-state index in [4.69, 9.17) is 0 Å². The fourth-order valence-electron chi connectivity index (χ4n) is 3.42. The predicted molar refractivity (Wildman–Crippen MR) is 129 cm³/mol. The normalized spacial score (nSPS) is 11.7. The van der Waals surface area contributed by atoms with E-state index in [-0.39, 0.29) is 18.0 Å². The molecule has 1 aromatic carbocycles. The number of aryl methyl sites for hydroxylation is 1. The lowest BCUT2D eigenvalue weighted by atomic mass is 10.1. The van der Waals surface area contributed by atoms with Gasteiger partial charge in [-0.25, -0.2) is 18.2 Å². The molecule has 0 fully saturated rings. The van der Waals surface area contributed by atoms with Crippen molar-refractivity contribution >= 4 is 38.7 Å². The molecule has 0 bridgehead atoms. The quantitative estimate of drug-likeness (QED) is 0.337. The molecule has 0 atom stereocenters. The molecule has 1 N–H and O–H groups in total. The number of hydrogen-bond donors (Lipinski definition) is 1. The molecule has 0 saturated carbocycles. The average Bonchev–Trinajstić information content (AvgIpc) is 3.52. The molecule has 3 heterocycles. The van der Waals surface area contributed by atoms with Gasteiger partial charge >= 0.3 is 5.97 Å². The van der Waals surface area contributed by atoms with Gasteiger partial charge in [-0.15, -0.1) is 22.7 Å². The Labute approximate surface area is 200 Å². The van der Waals surface area contributed by atoms with Crippen LogP contribution >= 0.6 is 22.7 Å². The van der Waals surface area contributed by atoms with Crippen molar-refractivity contribution in [3.8, 4) is 10.6 Å². The van der Waals surface area contributed by atoms with Crippen LogP contribution in [0, 0.1) is 0 Å². The molecule has 0 aliphatic rings. The Morgan fingerprint density at radius 3 is 2.52 bits per heavy atom. The molecule has 3 aromatic heterocycles. The molecule has 10 heteroatoms. The predicted octanol–water partition coefficient (Wildman–Crippen LogP) is 4.79. The first-order valence-corrected chi connectivity index (χ1v) is 13.3. The van der Waals surface area contributed by atoms with E-state index in [1.165, 1.54) is 34.1 Å². The molecular formula is C23H21N3O4S3. The molecule has 170 valence electrons. The summed E-state index contributed by atoms with van der Waals surface area (Å²) in [7, 11) is -3.77. The van der Waals surface area contributed by atoms with E-state index in [9.17, 15) is 18.3 Å². The monoisotopic (exact) mass is 499 g/mol. The Morgan fingerprint density at radius 1 is 1.03 bits per heavy atom. The highest BCUT2D eigenvalue weighted by atomic mass is 32.2. The van der Waals surface area contributed by atoms with Crippen molar-refractivity contribution in [2.75, 3.05) is 6.54 Å².